The first-order chi connectivity index (χ1) is 9.20. The molecule has 1 aromatic rings. The van der Waals surface area contributed by atoms with E-state index in [0.29, 0.717) is 31.5 Å². The highest BCUT2D eigenvalue weighted by molar-refractivity contribution is 5.94. The topological polar surface area (TPSA) is 58.6 Å². The van der Waals surface area contributed by atoms with Crippen LogP contribution < -0.4 is 5.32 Å². The molecule has 1 saturated heterocycles. The van der Waals surface area contributed by atoms with E-state index in [1.54, 1.807) is 4.90 Å². The summed E-state index contributed by atoms with van der Waals surface area (Å²) < 4.78 is 5.19. The molecule has 102 valence electrons. The number of ether oxygens (including phenoxy) is 1. The van der Waals surface area contributed by atoms with Crippen LogP contribution >= 0.6 is 0 Å². The van der Waals surface area contributed by atoms with Crippen LogP contribution in [0.4, 0.5) is 4.79 Å². The molecule has 0 saturated carbocycles. The Morgan fingerprint density at radius 1 is 1.21 bits per heavy atom. The fourth-order valence-electron chi connectivity index (χ4n) is 2.15. The highest BCUT2D eigenvalue weighted by atomic mass is 16.6. The Morgan fingerprint density at radius 2 is 1.84 bits per heavy atom. The van der Waals surface area contributed by atoms with Gasteiger partial charge in [-0.3, -0.25) is 4.79 Å². The van der Waals surface area contributed by atoms with Crippen LogP contribution in [0.1, 0.15) is 23.2 Å². The number of hydrogen-bond acceptors (Lipinski definition) is 3. The molecule has 0 radical (unpaired) electrons. The van der Waals surface area contributed by atoms with E-state index in [9.17, 15) is 9.59 Å². The standard InChI is InChI=1S/C14H18N2O3/c1-15-14(18)19-12-7-9-16(10-8-12)13(17)11-5-3-2-4-6-11/h2-6,12H,7-10H2,1H3,(H,15,18). The number of piperidine rings is 1. The van der Waals surface area contributed by atoms with Gasteiger partial charge >= 0.3 is 6.09 Å². The Morgan fingerprint density at radius 3 is 2.42 bits per heavy atom. The Balaban J connectivity index is 1.86. The van der Waals surface area contributed by atoms with E-state index in [2.05, 4.69) is 5.32 Å². The Labute approximate surface area is 112 Å². The summed E-state index contributed by atoms with van der Waals surface area (Å²) in [4.78, 5) is 25.1. The quantitative estimate of drug-likeness (QED) is 0.881. The average molecular weight is 262 g/mol. The lowest BCUT2D eigenvalue weighted by Gasteiger charge is -2.31. The number of hydrogen-bond donors (Lipinski definition) is 1. The van der Waals surface area contributed by atoms with E-state index in [0.717, 1.165) is 0 Å². The molecule has 1 aliphatic rings. The van der Waals surface area contributed by atoms with Crippen LogP contribution in [0.5, 0.6) is 0 Å². The Kier molecular flexibility index (Phi) is 4.39. The second-order valence-corrected chi connectivity index (χ2v) is 4.51. The molecule has 5 heteroatoms. The summed E-state index contributed by atoms with van der Waals surface area (Å²) in [5.74, 6) is 0.0407. The summed E-state index contributed by atoms with van der Waals surface area (Å²) in [6.07, 6.45) is 0.866. The molecule has 0 unspecified atom stereocenters. The lowest BCUT2D eigenvalue weighted by atomic mass is 10.1. The van der Waals surface area contributed by atoms with Gasteiger partial charge in [0.2, 0.25) is 0 Å². The largest absolute Gasteiger partial charge is 0.446 e. The van der Waals surface area contributed by atoms with Crippen molar-refractivity contribution in [1.29, 1.82) is 0 Å². The minimum atomic E-state index is -0.409. The van der Waals surface area contributed by atoms with Gasteiger partial charge in [-0.25, -0.2) is 4.79 Å². The number of alkyl carbamates (subject to hydrolysis) is 1. The molecule has 0 spiro atoms. The van der Waals surface area contributed by atoms with E-state index < -0.39 is 6.09 Å². The van der Waals surface area contributed by atoms with Crippen LogP contribution in [0, 0.1) is 0 Å². The molecular weight excluding hydrogens is 244 g/mol. The van der Waals surface area contributed by atoms with Gasteiger partial charge in [-0.1, -0.05) is 18.2 Å². The number of benzene rings is 1. The van der Waals surface area contributed by atoms with Crippen molar-refractivity contribution in [1.82, 2.24) is 10.2 Å². The van der Waals surface area contributed by atoms with E-state index in [4.69, 9.17) is 4.74 Å². The lowest BCUT2D eigenvalue weighted by Crippen LogP contribution is -2.42. The molecule has 0 atom stereocenters. The van der Waals surface area contributed by atoms with Crippen molar-refractivity contribution in [2.45, 2.75) is 18.9 Å². The fraction of sp³-hybridized carbons (Fsp3) is 0.429. The van der Waals surface area contributed by atoms with Crippen molar-refractivity contribution < 1.29 is 14.3 Å². The van der Waals surface area contributed by atoms with Crippen LogP contribution in [-0.4, -0.2) is 43.1 Å². The van der Waals surface area contributed by atoms with E-state index in [1.165, 1.54) is 7.05 Å². The van der Waals surface area contributed by atoms with Crippen LogP contribution in [0.25, 0.3) is 0 Å². The van der Waals surface area contributed by atoms with Crippen molar-refractivity contribution in [3.05, 3.63) is 35.9 Å². The number of nitrogens with one attached hydrogen (secondary N) is 1. The summed E-state index contributed by atoms with van der Waals surface area (Å²) in [6.45, 7) is 1.24. The molecule has 5 nitrogen and oxygen atoms in total. The SMILES string of the molecule is CNC(=O)OC1CCN(C(=O)c2ccccc2)CC1. The van der Waals surface area contributed by atoms with Gasteiger partial charge in [0, 0.05) is 38.5 Å². The summed E-state index contributed by atoms with van der Waals surface area (Å²) in [7, 11) is 1.54. The van der Waals surface area contributed by atoms with Gasteiger partial charge < -0.3 is 15.0 Å². The van der Waals surface area contributed by atoms with Crippen molar-refractivity contribution in [2.24, 2.45) is 0 Å². The van der Waals surface area contributed by atoms with Crippen molar-refractivity contribution in [3.8, 4) is 0 Å². The maximum absolute atomic E-state index is 12.2. The van der Waals surface area contributed by atoms with E-state index in [1.807, 2.05) is 30.3 Å². The molecule has 2 rings (SSSR count). The zero-order valence-electron chi connectivity index (χ0n) is 11.0. The lowest BCUT2D eigenvalue weighted by molar-refractivity contribution is 0.0431. The Bertz CT molecular complexity index is 439. The third-order valence-electron chi connectivity index (χ3n) is 3.23. The van der Waals surface area contributed by atoms with Crippen LogP contribution in [-0.2, 0) is 4.74 Å². The summed E-state index contributed by atoms with van der Waals surface area (Å²) in [5, 5.41) is 2.43. The highest BCUT2D eigenvalue weighted by Crippen LogP contribution is 2.16. The molecule has 1 aliphatic heterocycles. The maximum Gasteiger partial charge on any atom is 0.407 e. The van der Waals surface area contributed by atoms with Crippen molar-refractivity contribution >= 4 is 12.0 Å². The third kappa shape index (κ3) is 3.47. The molecule has 1 heterocycles. The highest BCUT2D eigenvalue weighted by Gasteiger charge is 2.25. The average Bonchev–Trinajstić information content (AvgIpc) is 2.48. The van der Waals surface area contributed by atoms with Crippen molar-refractivity contribution in [2.75, 3.05) is 20.1 Å². The molecule has 1 aromatic carbocycles. The smallest absolute Gasteiger partial charge is 0.407 e. The van der Waals surface area contributed by atoms with Gasteiger partial charge in [0.15, 0.2) is 0 Å². The van der Waals surface area contributed by atoms with Crippen LogP contribution in [0.15, 0.2) is 30.3 Å². The minimum absolute atomic E-state index is 0.0407. The summed E-state index contributed by atoms with van der Waals surface area (Å²) >= 11 is 0. The van der Waals surface area contributed by atoms with Crippen LogP contribution in [0.3, 0.4) is 0 Å². The summed E-state index contributed by atoms with van der Waals surface area (Å²) in [6, 6.07) is 9.23. The Hall–Kier alpha value is -2.04. The normalized spacial score (nSPS) is 15.9. The third-order valence-corrected chi connectivity index (χ3v) is 3.23. The van der Waals surface area contributed by atoms with E-state index in [-0.39, 0.29) is 12.0 Å². The molecule has 1 fully saturated rings. The number of likely N-dealkylation sites (tertiary alicyclic amines) is 1. The van der Waals surface area contributed by atoms with Gasteiger partial charge in [-0.15, -0.1) is 0 Å². The van der Waals surface area contributed by atoms with Crippen LogP contribution in [0.2, 0.25) is 0 Å². The molecule has 19 heavy (non-hydrogen) atoms. The van der Waals surface area contributed by atoms with Gasteiger partial charge in [0.1, 0.15) is 6.10 Å². The zero-order chi connectivity index (χ0) is 13.7. The first-order valence-corrected chi connectivity index (χ1v) is 6.43. The molecule has 0 aromatic heterocycles. The zero-order valence-corrected chi connectivity index (χ0v) is 11.0. The molecule has 1 N–H and O–H groups in total. The minimum Gasteiger partial charge on any atom is -0.446 e. The number of amides is 2. The first-order valence-electron chi connectivity index (χ1n) is 6.43. The molecule has 0 bridgehead atoms. The van der Waals surface area contributed by atoms with Crippen molar-refractivity contribution in [3.63, 3.8) is 0 Å². The second kappa shape index (κ2) is 6.22. The number of carbonyl (C=O) groups is 2. The van der Waals surface area contributed by atoms with Gasteiger partial charge in [-0.2, -0.15) is 0 Å². The number of carbonyl (C=O) groups excluding carboxylic acids is 2. The second-order valence-electron chi connectivity index (χ2n) is 4.51. The number of nitrogens with zero attached hydrogens (tertiary/aromatic N) is 1. The maximum atomic E-state index is 12.2. The first kappa shape index (κ1) is 13.4. The monoisotopic (exact) mass is 262 g/mol. The molecule has 2 amide bonds. The molecular formula is C14H18N2O3. The number of rotatable bonds is 2. The predicted molar refractivity (Wildman–Crippen MR) is 70.9 cm³/mol. The van der Waals surface area contributed by atoms with E-state index >= 15 is 0 Å². The summed E-state index contributed by atoms with van der Waals surface area (Å²) in [5.41, 5.74) is 0.702. The fourth-order valence-corrected chi connectivity index (χ4v) is 2.15. The van der Waals surface area contributed by atoms with Gasteiger partial charge in [0.25, 0.3) is 5.91 Å². The molecule has 0 aliphatic carbocycles. The van der Waals surface area contributed by atoms with Gasteiger partial charge in [-0.05, 0) is 12.1 Å². The van der Waals surface area contributed by atoms with Gasteiger partial charge in [0.05, 0.1) is 0 Å². The predicted octanol–water partition coefficient (Wildman–Crippen LogP) is 1.65.